The molecule has 0 spiro atoms. The Balaban J connectivity index is 2.31. The number of Topliss-reactive ketones (excluding diaryl/α,β-unsaturated/α-hetero) is 1. The van der Waals surface area contributed by atoms with Gasteiger partial charge in [-0.15, -0.1) is 0 Å². The smallest absolute Gasteiger partial charge is 0.377 e. The summed E-state index contributed by atoms with van der Waals surface area (Å²) >= 11 is 0. The van der Waals surface area contributed by atoms with Crippen molar-refractivity contribution in [3.8, 4) is 11.5 Å². The number of nitrogens with zero attached hydrogens (tertiary/aromatic N) is 3. The average molecular weight is 275 g/mol. The van der Waals surface area contributed by atoms with E-state index in [2.05, 4.69) is 25.1 Å². The SMILES string of the molecule is O=C(O)C(=O)c1c[nH]c2c(-c3ncn[nH]3)ncc(F)c12. The standard InChI is InChI=1S/C11H6FN5O3/c12-5-2-14-8(10-15-3-16-17-10)7-6(5)4(1-13-7)9(18)11(19)20/h1-3,13H,(H,19,20)(H,15,16,17). The summed E-state index contributed by atoms with van der Waals surface area (Å²) in [6, 6.07) is 0. The lowest BCUT2D eigenvalue weighted by Gasteiger charge is -2.00. The second-order valence-electron chi connectivity index (χ2n) is 3.88. The highest BCUT2D eigenvalue weighted by Crippen LogP contribution is 2.28. The normalized spacial score (nSPS) is 10.8. The maximum absolute atomic E-state index is 13.9. The van der Waals surface area contributed by atoms with Crippen LogP contribution < -0.4 is 0 Å². The third kappa shape index (κ3) is 1.64. The molecule has 0 aliphatic carbocycles. The highest BCUT2D eigenvalue weighted by atomic mass is 19.1. The third-order valence-corrected chi connectivity index (χ3v) is 2.74. The first-order valence-electron chi connectivity index (χ1n) is 5.38. The zero-order chi connectivity index (χ0) is 14.3. The Kier molecular flexibility index (Phi) is 2.53. The van der Waals surface area contributed by atoms with Crippen LogP contribution in [0.3, 0.4) is 0 Å². The zero-order valence-electron chi connectivity index (χ0n) is 9.72. The van der Waals surface area contributed by atoms with Crippen LogP contribution in [0, 0.1) is 5.82 Å². The summed E-state index contributed by atoms with van der Waals surface area (Å²) in [6.07, 6.45) is 3.27. The second-order valence-corrected chi connectivity index (χ2v) is 3.88. The Morgan fingerprint density at radius 3 is 2.75 bits per heavy atom. The molecule has 3 rings (SSSR count). The van der Waals surface area contributed by atoms with Gasteiger partial charge in [-0.05, 0) is 0 Å². The summed E-state index contributed by atoms with van der Waals surface area (Å²) in [5, 5.41) is 14.8. The molecule has 3 heterocycles. The number of hydrogen-bond donors (Lipinski definition) is 3. The molecule has 0 bridgehead atoms. The number of H-pyrrole nitrogens is 2. The molecule has 0 radical (unpaired) electrons. The molecule has 0 atom stereocenters. The number of fused-ring (bicyclic) bond motifs is 1. The number of nitrogens with one attached hydrogen (secondary N) is 2. The topological polar surface area (TPSA) is 125 Å². The number of rotatable bonds is 3. The molecule has 0 aliphatic heterocycles. The van der Waals surface area contributed by atoms with Gasteiger partial charge in [0.05, 0.1) is 22.7 Å². The van der Waals surface area contributed by atoms with Crippen molar-refractivity contribution in [2.75, 3.05) is 0 Å². The van der Waals surface area contributed by atoms with Crippen molar-refractivity contribution in [1.82, 2.24) is 25.1 Å². The van der Waals surface area contributed by atoms with Gasteiger partial charge in [0.1, 0.15) is 12.0 Å². The molecule has 0 unspecified atom stereocenters. The number of aromatic amines is 2. The molecule has 100 valence electrons. The lowest BCUT2D eigenvalue weighted by atomic mass is 10.1. The number of carbonyl (C=O) groups is 2. The molecule has 0 amide bonds. The number of carboxylic acids is 1. The van der Waals surface area contributed by atoms with Gasteiger partial charge in [0.25, 0.3) is 5.78 Å². The van der Waals surface area contributed by atoms with Gasteiger partial charge in [-0.1, -0.05) is 0 Å². The molecular formula is C11H6FN5O3. The average Bonchev–Trinajstić information content (AvgIpc) is 3.07. The van der Waals surface area contributed by atoms with E-state index >= 15 is 0 Å². The molecule has 3 aromatic rings. The first kappa shape index (κ1) is 12.0. The summed E-state index contributed by atoms with van der Waals surface area (Å²) in [5.74, 6) is -3.39. The Labute approximate surface area is 109 Å². The van der Waals surface area contributed by atoms with E-state index < -0.39 is 17.6 Å². The van der Waals surface area contributed by atoms with Crippen molar-refractivity contribution in [1.29, 1.82) is 0 Å². The fourth-order valence-electron chi connectivity index (χ4n) is 1.90. The van der Waals surface area contributed by atoms with Crippen molar-refractivity contribution >= 4 is 22.7 Å². The maximum Gasteiger partial charge on any atom is 0.377 e. The highest BCUT2D eigenvalue weighted by molar-refractivity contribution is 6.42. The van der Waals surface area contributed by atoms with Gasteiger partial charge in [0, 0.05) is 6.20 Å². The fraction of sp³-hybridized carbons (Fsp3) is 0. The molecule has 0 fully saturated rings. The second kappa shape index (κ2) is 4.23. The summed E-state index contributed by atoms with van der Waals surface area (Å²) in [6.45, 7) is 0. The minimum absolute atomic E-state index is 0.140. The Hall–Kier alpha value is -3.10. The van der Waals surface area contributed by atoms with E-state index in [1.54, 1.807) is 0 Å². The molecule has 20 heavy (non-hydrogen) atoms. The van der Waals surface area contributed by atoms with Crippen molar-refractivity contribution in [2.24, 2.45) is 0 Å². The van der Waals surface area contributed by atoms with Crippen molar-refractivity contribution in [3.05, 3.63) is 30.1 Å². The van der Waals surface area contributed by atoms with Crippen LogP contribution in [0.2, 0.25) is 0 Å². The number of aliphatic carboxylic acids is 1. The monoisotopic (exact) mass is 275 g/mol. The van der Waals surface area contributed by atoms with Crippen molar-refractivity contribution in [2.45, 2.75) is 0 Å². The molecule has 3 aromatic heterocycles. The molecule has 3 N–H and O–H groups in total. The predicted octanol–water partition coefficient (Wildman–Crippen LogP) is 0.754. The fourth-order valence-corrected chi connectivity index (χ4v) is 1.90. The van der Waals surface area contributed by atoms with Crippen molar-refractivity contribution in [3.63, 3.8) is 0 Å². The zero-order valence-corrected chi connectivity index (χ0v) is 9.72. The van der Waals surface area contributed by atoms with E-state index in [0.29, 0.717) is 0 Å². The number of aromatic nitrogens is 5. The largest absolute Gasteiger partial charge is 0.475 e. The first-order chi connectivity index (χ1) is 9.59. The first-order valence-corrected chi connectivity index (χ1v) is 5.38. The van der Waals surface area contributed by atoms with Gasteiger partial charge in [0.2, 0.25) is 0 Å². The third-order valence-electron chi connectivity index (χ3n) is 2.74. The van der Waals surface area contributed by atoms with E-state index in [1.165, 1.54) is 6.33 Å². The van der Waals surface area contributed by atoms with Crippen LogP contribution in [-0.4, -0.2) is 42.0 Å². The van der Waals surface area contributed by atoms with E-state index in [4.69, 9.17) is 5.11 Å². The molecular weight excluding hydrogens is 269 g/mol. The summed E-state index contributed by atoms with van der Waals surface area (Å²) in [5.41, 5.74) is 0.142. The van der Waals surface area contributed by atoms with Gasteiger partial charge in [-0.2, -0.15) is 5.10 Å². The number of hydrogen-bond acceptors (Lipinski definition) is 5. The Morgan fingerprint density at radius 1 is 1.30 bits per heavy atom. The van der Waals surface area contributed by atoms with Gasteiger partial charge in [-0.3, -0.25) is 9.89 Å². The van der Waals surface area contributed by atoms with E-state index in [1.807, 2.05) is 0 Å². The van der Waals surface area contributed by atoms with E-state index in [9.17, 15) is 14.0 Å². The summed E-state index contributed by atoms with van der Waals surface area (Å²) in [7, 11) is 0. The van der Waals surface area contributed by atoms with Crippen LogP contribution in [0.1, 0.15) is 10.4 Å². The molecule has 9 heteroatoms. The Bertz CT molecular complexity index is 824. The lowest BCUT2D eigenvalue weighted by molar-refractivity contribution is -0.131. The van der Waals surface area contributed by atoms with Crippen LogP contribution in [0.15, 0.2) is 18.7 Å². The molecule has 0 aliphatic rings. The molecule has 0 aromatic carbocycles. The Morgan fingerprint density at radius 2 is 2.10 bits per heavy atom. The lowest BCUT2D eigenvalue weighted by Crippen LogP contribution is -2.12. The van der Waals surface area contributed by atoms with Gasteiger partial charge in [-0.25, -0.2) is 19.2 Å². The maximum atomic E-state index is 13.9. The summed E-state index contributed by atoms with van der Waals surface area (Å²) < 4.78 is 13.9. The quantitative estimate of drug-likeness (QED) is 0.478. The molecule has 8 nitrogen and oxygen atoms in total. The van der Waals surface area contributed by atoms with Crippen LogP contribution in [0.25, 0.3) is 22.4 Å². The minimum Gasteiger partial charge on any atom is -0.475 e. The number of ketones is 1. The van der Waals surface area contributed by atoms with Crippen LogP contribution >= 0.6 is 0 Å². The number of carboxylic acid groups (broad SMARTS) is 1. The van der Waals surface area contributed by atoms with Crippen LogP contribution in [-0.2, 0) is 4.79 Å². The highest BCUT2D eigenvalue weighted by Gasteiger charge is 2.23. The van der Waals surface area contributed by atoms with Gasteiger partial charge >= 0.3 is 5.97 Å². The number of pyridine rings is 1. The number of halogens is 1. The van der Waals surface area contributed by atoms with Gasteiger partial charge in [0.15, 0.2) is 11.6 Å². The molecule has 0 saturated heterocycles. The van der Waals surface area contributed by atoms with E-state index in [0.717, 1.165) is 12.4 Å². The van der Waals surface area contributed by atoms with E-state index in [-0.39, 0.29) is 28.0 Å². The number of carbonyl (C=O) groups excluding carboxylic acids is 1. The predicted molar refractivity (Wildman–Crippen MR) is 63.4 cm³/mol. The van der Waals surface area contributed by atoms with Gasteiger partial charge < -0.3 is 10.1 Å². The van der Waals surface area contributed by atoms with Crippen LogP contribution in [0.4, 0.5) is 4.39 Å². The minimum atomic E-state index is -1.66. The summed E-state index contributed by atoms with van der Waals surface area (Å²) in [4.78, 5) is 32.7. The van der Waals surface area contributed by atoms with Crippen molar-refractivity contribution < 1.29 is 19.1 Å². The van der Waals surface area contributed by atoms with Crippen LogP contribution in [0.5, 0.6) is 0 Å². The molecule has 0 saturated carbocycles.